The number of para-hydroxylation sites is 1. The van der Waals surface area contributed by atoms with E-state index in [9.17, 15) is 9.59 Å². The minimum absolute atomic E-state index is 0.0242. The molecule has 7 nitrogen and oxygen atoms in total. The van der Waals surface area contributed by atoms with E-state index in [0.29, 0.717) is 49.8 Å². The molecule has 0 bridgehead atoms. The highest BCUT2D eigenvalue weighted by molar-refractivity contribution is 5.92. The Labute approximate surface area is 122 Å². The molecule has 2 heterocycles. The second-order valence-corrected chi connectivity index (χ2v) is 4.97. The summed E-state index contributed by atoms with van der Waals surface area (Å²) in [5, 5.41) is 8.32. The monoisotopic (exact) mass is 291 g/mol. The molecule has 3 N–H and O–H groups in total. The van der Waals surface area contributed by atoms with Gasteiger partial charge in [-0.1, -0.05) is 6.07 Å². The fourth-order valence-electron chi connectivity index (χ4n) is 2.37. The first-order valence-electron chi connectivity index (χ1n) is 6.95. The Hall–Kier alpha value is -2.44. The maximum Gasteiger partial charge on any atom is 0.319 e. The zero-order chi connectivity index (χ0) is 14.7. The van der Waals surface area contributed by atoms with Gasteiger partial charge in [-0.25, -0.2) is 4.79 Å². The normalized spacial score (nSPS) is 20.4. The van der Waals surface area contributed by atoms with Gasteiger partial charge in [0.05, 0.1) is 5.69 Å². The van der Waals surface area contributed by atoms with Gasteiger partial charge in [-0.3, -0.25) is 4.79 Å². The Morgan fingerprint density at radius 2 is 2.14 bits per heavy atom. The molecule has 0 radical (unpaired) electrons. The van der Waals surface area contributed by atoms with Gasteiger partial charge in [0.25, 0.3) is 0 Å². The number of carbonyl (C=O) groups is 2. The van der Waals surface area contributed by atoms with Crippen LogP contribution in [0.1, 0.15) is 12.8 Å². The van der Waals surface area contributed by atoms with Crippen LogP contribution in [0.3, 0.4) is 0 Å². The van der Waals surface area contributed by atoms with Gasteiger partial charge in [0.2, 0.25) is 5.91 Å². The van der Waals surface area contributed by atoms with E-state index in [1.54, 1.807) is 18.2 Å². The third-order valence-electron chi connectivity index (χ3n) is 3.42. The molecule has 3 amide bonds. The van der Waals surface area contributed by atoms with Crippen molar-refractivity contribution in [1.82, 2.24) is 10.6 Å². The molecule has 112 valence electrons. The van der Waals surface area contributed by atoms with Crippen LogP contribution in [-0.4, -0.2) is 37.7 Å². The molecule has 0 aliphatic carbocycles. The smallest absolute Gasteiger partial charge is 0.319 e. The molecule has 2 aliphatic heterocycles. The Morgan fingerprint density at radius 1 is 1.29 bits per heavy atom. The maximum atomic E-state index is 12.0. The summed E-state index contributed by atoms with van der Waals surface area (Å²) >= 11 is 0. The highest BCUT2D eigenvalue weighted by Crippen LogP contribution is 2.37. The molecule has 0 aromatic heterocycles. The zero-order valence-electron chi connectivity index (χ0n) is 11.5. The Bertz CT molecular complexity index is 551. The average Bonchev–Trinajstić information content (AvgIpc) is 2.50. The summed E-state index contributed by atoms with van der Waals surface area (Å²) in [5.74, 6) is 1.20. The van der Waals surface area contributed by atoms with Crippen molar-refractivity contribution in [2.75, 3.05) is 25.1 Å². The predicted molar refractivity (Wildman–Crippen MR) is 75.6 cm³/mol. The minimum atomic E-state index is -0.321. The van der Waals surface area contributed by atoms with E-state index in [1.165, 1.54) is 0 Å². The highest BCUT2D eigenvalue weighted by atomic mass is 16.6. The van der Waals surface area contributed by atoms with E-state index in [0.717, 1.165) is 0 Å². The van der Waals surface area contributed by atoms with Crippen molar-refractivity contribution in [3.8, 4) is 11.5 Å². The number of ether oxygens (including phenoxy) is 2. The standard InChI is InChI=1S/C14H17N3O4/c18-12-5-4-9(8-15-12)16-14(19)17-10-2-1-3-11-13(10)21-7-6-20-11/h1-3,9H,4-8H2,(H,15,18)(H2,16,17,19). The fraction of sp³-hybridized carbons (Fsp3) is 0.429. The van der Waals surface area contributed by atoms with Crippen molar-refractivity contribution < 1.29 is 19.1 Å². The Balaban J connectivity index is 1.61. The van der Waals surface area contributed by atoms with E-state index in [1.807, 2.05) is 0 Å². The van der Waals surface area contributed by atoms with E-state index < -0.39 is 0 Å². The van der Waals surface area contributed by atoms with Gasteiger partial charge in [-0.05, 0) is 18.6 Å². The van der Waals surface area contributed by atoms with Crippen LogP contribution in [0.25, 0.3) is 0 Å². The lowest BCUT2D eigenvalue weighted by Gasteiger charge is -2.24. The predicted octanol–water partition coefficient (Wildman–Crippen LogP) is 0.858. The largest absolute Gasteiger partial charge is 0.486 e. The summed E-state index contributed by atoms with van der Waals surface area (Å²) in [6, 6.07) is 4.98. The number of hydrogen-bond donors (Lipinski definition) is 3. The van der Waals surface area contributed by atoms with Gasteiger partial charge in [0, 0.05) is 19.0 Å². The van der Waals surface area contributed by atoms with E-state index in [-0.39, 0.29) is 18.0 Å². The first kappa shape index (κ1) is 13.5. The van der Waals surface area contributed by atoms with Crippen LogP contribution >= 0.6 is 0 Å². The first-order chi connectivity index (χ1) is 10.2. The molecule has 0 spiro atoms. The Kier molecular flexibility index (Phi) is 3.81. The molecule has 1 unspecified atom stereocenters. The van der Waals surface area contributed by atoms with Crippen LogP contribution in [0.15, 0.2) is 18.2 Å². The lowest BCUT2D eigenvalue weighted by molar-refractivity contribution is -0.122. The van der Waals surface area contributed by atoms with Gasteiger partial charge in [-0.15, -0.1) is 0 Å². The third-order valence-corrected chi connectivity index (χ3v) is 3.42. The number of rotatable bonds is 2. The number of benzene rings is 1. The van der Waals surface area contributed by atoms with E-state index >= 15 is 0 Å². The second-order valence-electron chi connectivity index (χ2n) is 4.97. The quantitative estimate of drug-likeness (QED) is 0.754. The summed E-state index contributed by atoms with van der Waals surface area (Å²) in [4.78, 5) is 23.1. The number of hydrogen-bond acceptors (Lipinski definition) is 4. The van der Waals surface area contributed by atoms with Gasteiger partial charge >= 0.3 is 6.03 Å². The van der Waals surface area contributed by atoms with Crippen molar-refractivity contribution in [2.45, 2.75) is 18.9 Å². The second kappa shape index (κ2) is 5.90. The van der Waals surface area contributed by atoms with Crippen molar-refractivity contribution in [3.05, 3.63) is 18.2 Å². The third kappa shape index (κ3) is 3.18. The molecule has 1 aromatic carbocycles. The van der Waals surface area contributed by atoms with Crippen molar-refractivity contribution in [2.24, 2.45) is 0 Å². The first-order valence-corrected chi connectivity index (χ1v) is 6.95. The SMILES string of the molecule is O=C1CCC(NC(=O)Nc2cccc3c2OCCO3)CN1. The van der Waals surface area contributed by atoms with Crippen LogP contribution in [0, 0.1) is 0 Å². The fourth-order valence-corrected chi connectivity index (χ4v) is 2.37. The molecule has 1 fully saturated rings. The van der Waals surface area contributed by atoms with Crippen molar-refractivity contribution >= 4 is 17.6 Å². The molecule has 1 atom stereocenters. The topological polar surface area (TPSA) is 88.7 Å². The summed E-state index contributed by atoms with van der Waals surface area (Å²) in [6.45, 7) is 1.42. The summed E-state index contributed by atoms with van der Waals surface area (Å²) in [6.07, 6.45) is 1.08. The van der Waals surface area contributed by atoms with Crippen LogP contribution in [0.5, 0.6) is 11.5 Å². The number of urea groups is 1. The van der Waals surface area contributed by atoms with Crippen molar-refractivity contribution in [3.63, 3.8) is 0 Å². The molecule has 1 aromatic rings. The van der Waals surface area contributed by atoms with Crippen LogP contribution in [0.2, 0.25) is 0 Å². The number of nitrogens with one attached hydrogen (secondary N) is 3. The van der Waals surface area contributed by atoms with Gasteiger partial charge in [0.15, 0.2) is 11.5 Å². The molecule has 3 rings (SSSR count). The number of fused-ring (bicyclic) bond motifs is 1. The summed E-state index contributed by atoms with van der Waals surface area (Å²) in [7, 11) is 0. The highest BCUT2D eigenvalue weighted by Gasteiger charge is 2.21. The van der Waals surface area contributed by atoms with E-state index in [4.69, 9.17) is 9.47 Å². The number of anilines is 1. The summed E-state index contributed by atoms with van der Waals surface area (Å²) < 4.78 is 11.0. The number of amides is 3. The van der Waals surface area contributed by atoms with E-state index in [2.05, 4.69) is 16.0 Å². The molecule has 2 aliphatic rings. The van der Waals surface area contributed by atoms with Gasteiger partial charge in [0.1, 0.15) is 13.2 Å². The molecule has 0 saturated carbocycles. The van der Waals surface area contributed by atoms with Gasteiger partial charge < -0.3 is 25.4 Å². The minimum Gasteiger partial charge on any atom is -0.486 e. The molecule has 21 heavy (non-hydrogen) atoms. The molecule has 1 saturated heterocycles. The van der Waals surface area contributed by atoms with Crippen molar-refractivity contribution in [1.29, 1.82) is 0 Å². The summed E-state index contributed by atoms with van der Waals surface area (Å²) in [5.41, 5.74) is 0.574. The van der Waals surface area contributed by atoms with Crippen LogP contribution < -0.4 is 25.4 Å². The molecule has 7 heteroatoms. The molecular formula is C14H17N3O4. The lowest BCUT2D eigenvalue weighted by atomic mass is 10.1. The lowest BCUT2D eigenvalue weighted by Crippen LogP contribution is -2.48. The van der Waals surface area contributed by atoms with Crippen LogP contribution in [-0.2, 0) is 4.79 Å². The van der Waals surface area contributed by atoms with Crippen LogP contribution in [0.4, 0.5) is 10.5 Å². The number of carbonyl (C=O) groups excluding carboxylic acids is 2. The Morgan fingerprint density at radius 3 is 2.95 bits per heavy atom. The van der Waals surface area contributed by atoms with Gasteiger partial charge in [-0.2, -0.15) is 0 Å². The molecular weight excluding hydrogens is 274 g/mol. The average molecular weight is 291 g/mol. The maximum absolute atomic E-state index is 12.0. The number of piperidine rings is 1. The zero-order valence-corrected chi connectivity index (χ0v) is 11.5.